The summed E-state index contributed by atoms with van der Waals surface area (Å²) in [4.78, 5) is 25.5. The number of esters is 1. The second kappa shape index (κ2) is 8.18. The molecule has 1 fully saturated rings. The van der Waals surface area contributed by atoms with Gasteiger partial charge in [-0.3, -0.25) is 9.59 Å². The Labute approximate surface area is 135 Å². The van der Waals surface area contributed by atoms with Crippen molar-refractivity contribution in [3.63, 3.8) is 0 Å². The molecule has 0 radical (unpaired) electrons. The van der Waals surface area contributed by atoms with Crippen molar-refractivity contribution in [3.8, 4) is 11.8 Å². The third-order valence-corrected chi connectivity index (χ3v) is 3.83. The Kier molecular flexibility index (Phi) is 5.98. The number of benzene rings is 1. The topological polar surface area (TPSA) is 79.6 Å². The molecule has 2 rings (SSSR count). The summed E-state index contributed by atoms with van der Waals surface area (Å²) in [5.41, 5.74) is 0.404. The Morgan fingerprint density at radius 2 is 2.00 bits per heavy atom. The van der Waals surface area contributed by atoms with Gasteiger partial charge in [-0.05, 0) is 31.9 Å². The van der Waals surface area contributed by atoms with Crippen molar-refractivity contribution in [3.05, 3.63) is 29.8 Å². The van der Waals surface area contributed by atoms with Crippen LogP contribution < -0.4 is 4.74 Å². The van der Waals surface area contributed by atoms with E-state index in [9.17, 15) is 9.59 Å². The zero-order valence-electron chi connectivity index (χ0n) is 13.2. The number of nitrogens with zero attached hydrogens (tertiary/aromatic N) is 2. The van der Waals surface area contributed by atoms with Gasteiger partial charge in [0.1, 0.15) is 11.8 Å². The average molecular weight is 316 g/mol. The maximum atomic E-state index is 12.2. The van der Waals surface area contributed by atoms with E-state index >= 15 is 0 Å². The van der Waals surface area contributed by atoms with Crippen LogP contribution in [0.4, 0.5) is 0 Å². The van der Waals surface area contributed by atoms with Crippen LogP contribution in [0, 0.1) is 17.2 Å². The predicted molar refractivity (Wildman–Crippen MR) is 82.6 cm³/mol. The van der Waals surface area contributed by atoms with Gasteiger partial charge in [-0.25, -0.2) is 0 Å². The Morgan fingerprint density at radius 1 is 1.30 bits per heavy atom. The van der Waals surface area contributed by atoms with Gasteiger partial charge in [0, 0.05) is 13.1 Å². The van der Waals surface area contributed by atoms with Gasteiger partial charge in [0.05, 0.1) is 18.1 Å². The van der Waals surface area contributed by atoms with E-state index in [1.165, 1.54) is 0 Å². The zero-order valence-corrected chi connectivity index (χ0v) is 13.2. The predicted octanol–water partition coefficient (Wildman–Crippen LogP) is 1.74. The zero-order chi connectivity index (χ0) is 16.7. The van der Waals surface area contributed by atoms with Gasteiger partial charge in [0.15, 0.2) is 6.61 Å². The molecule has 0 N–H and O–H groups in total. The first-order chi connectivity index (χ1) is 11.2. The third-order valence-electron chi connectivity index (χ3n) is 3.83. The van der Waals surface area contributed by atoms with Gasteiger partial charge >= 0.3 is 5.97 Å². The second-order valence-corrected chi connectivity index (χ2v) is 5.30. The highest BCUT2D eigenvalue weighted by Gasteiger charge is 2.28. The fourth-order valence-corrected chi connectivity index (χ4v) is 2.54. The van der Waals surface area contributed by atoms with Crippen molar-refractivity contribution in [1.82, 2.24) is 4.90 Å². The van der Waals surface area contributed by atoms with Gasteiger partial charge in [0.2, 0.25) is 0 Å². The highest BCUT2D eigenvalue weighted by molar-refractivity contribution is 5.78. The van der Waals surface area contributed by atoms with Crippen molar-refractivity contribution in [2.75, 3.05) is 26.3 Å². The number of para-hydroxylation sites is 1. The van der Waals surface area contributed by atoms with Crippen LogP contribution in [0.15, 0.2) is 24.3 Å². The maximum absolute atomic E-state index is 12.2. The van der Waals surface area contributed by atoms with E-state index in [-0.39, 0.29) is 24.4 Å². The molecule has 122 valence electrons. The van der Waals surface area contributed by atoms with Crippen molar-refractivity contribution < 1.29 is 19.1 Å². The molecule has 0 atom stereocenters. The first-order valence-corrected chi connectivity index (χ1v) is 7.72. The van der Waals surface area contributed by atoms with Crippen LogP contribution in [0.5, 0.6) is 5.75 Å². The summed E-state index contributed by atoms with van der Waals surface area (Å²) in [6, 6.07) is 8.84. The summed E-state index contributed by atoms with van der Waals surface area (Å²) in [6.07, 6.45) is 1.22. The molecule has 1 aliphatic heterocycles. The van der Waals surface area contributed by atoms with Crippen LogP contribution in [0.3, 0.4) is 0 Å². The van der Waals surface area contributed by atoms with Crippen LogP contribution in [0.25, 0.3) is 0 Å². The average Bonchev–Trinajstić information content (AvgIpc) is 2.60. The Morgan fingerprint density at radius 3 is 2.65 bits per heavy atom. The minimum Gasteiger partial charge on any atom is -0.482 e. The number of piperidine rings is 1. The van der Waals surface area contributed by atoms with E-state index in [4.69, 9.17) is 14.7 Å². The Hall–Kier alpha value is -2.55. The summed E-state index contributed by atoms with van der Waals surface area (Å²) in [5, 5.41) is 8.99. The molecule has 1 aromatic carbocycles. The highest BCUT2D eigenvalue weighted by Crippen LogP contribution is 2.20. The van der Waals surface area contributed by atoms with Crippen LogP contribution >= 0.6 is 0 Å². The van der Waals surface area contributed by atoms with Crippen LogP contribution in [0.2, 0.25) is 0 Å². The summed E-state index contributed by atoms with van der Waals surface area (Å²) in [6.45, 7) is 3.09. The summed E-state index contributed by atoms with van der Waals surface area (Å²) >= 11 is 0. The summed E-state index contributed by atoms with van der Waals surface area (Å²) in [5.74, 6) is -0.0390. The minimum absolute atomic E-state index is 0.108. The quantitative estimate of drug-likeness (QED) is 0.773. The van der Waals surface area contributed by atoms with E-state index in [1.807, 2.05) is 6.07 Å². The molecule has 1 aliphatic rings. The first kappa shape index (κ1) is 16.8. The molecule has 1 heterocycles. The van der Waals surface area contributed by atoms with Crippen LogP contribution in [-0.4, -0.2) is 43.1 Å². The van der Waals surface area contributed by atoms with E-state index in [2.05, 4.69) is 0 Å². The number of hydrogen-bond acceptors (Lipinski definition) is 5. The standard InChI is InChI=1S/C17H20N2O4/c1-2-22-17(21)13-7-9-19(10-8-13)16(20)12-23-15-6-4-3-5-14(15)11-18/h3-6,13H,2,7-10,12H2,1H3. The molecule has 6 nitrogen and oxygen atoms in total. The molecule has 1 saturated heterocycles. The smallest absolute Gasteiger partial charge is 0.309 e. The minimum atomic E-state index is -0.182. The summed E-state index contributed by atoms with van der Waals surface area (Å²) < 4.78 is 10.5. The molecule has 6 heteroatoms. The van der Waals surface area contributed by atoms with E-state index < -0.39 is 0 Å². The number of carbonyl (C=O) groups excluding carboxylic acids is 2. The number of amides is 1. The fraction of sp³-hybridized carbons (Fsp3) is 0.471. The van der Waals surface area contributed by atoms with Crippen molar-refractivity contribution in [2.24, 2.45) is 5.92 Å². The van der Waals surface area contributed by atoms with E-state index in [1.54, 1.807) is 36.1 Å². The number of ether oxygens (including phenoxy) is 2. The maximum Gasteiger partial charge on any atom is 0.309 e. The van der Waals surface area contributed by atoms with Gasteiger partial charge < -0.3 is 14.4 Å². The molecule has 0 aliphatic carbocycles. The normalized spacial score (nSPS) is 14.9. The highest BCUT2D eigenvalue weighted by atomic mass is 16.5. The number of hydrogen-bond donors (Lipinski definition) is 0. The second-order valence-electron chi connectivity index (χ2n) is 5.30. The van der Waals surface area contributed by atoms with Crippen molar-refractivity contribution in [1.29, 1.82) is 5.26 Å². The molecule has 0 spiro atoms. The third kappa shape index (κ3) is 4.46. The monoisotopic (exact) mass is 316 g/mol. The van der Waals surface area contributed by atoms with Gasteiger partial charge in [-0.2, -0.15) is 5.26 Å². The Balaban J connectivity index is 1.82. The van der Waals surface area contributed by atoms with Gasteiger partial charge in [-0.15, -0.1) is 0 Å². The van der Waals surface area contributed by atoms with E-state index in [0.717, 1.165) is 0 Å². The molecule has 0 bridgehead atoms. The number of rotatable bonds is 5. The van der Waals surface area contributed by atoms with Crippen LogP contribution in [-0.2, 0) is 14.3 Å². The number of likely N-dealkylation sites (tertiary alicyclic amines) is 1. The lowest BCUT2D eigenvalue weighted by Crippen LogP contribution is -2.42. The molecule has 23 heavy (non-hydrogen) atoms. The SMILES string of the molecule is CCOC(=O)C1CCN(C(=O)COc2ccccc2C#N)CC1. The number of nitriles is 1. The molecule has 1 aromatic rings. The molecular formula is C17H20N2O4. The first-order valence-electron chi connectivity index (χ1n) is 7.72. The van der Waals surface area contributed by atoms with E-state index in [0.29, 0.717) is 43.9 Å². The molecule has 0 unspecified atom stereocenters. The molecule has 0 saturated carbocycles. The van der Waals surface area contributed by atoms with Gasteiger partial charge in [-0.1, -0.05) is 12.1 Å². The number of carbonyl (C=O) groups is 2. The molecule has 1 amide bonds. The Bertz CT molecular complexity index is 601. The fourth-order valence-electron chi connectivity index (χ4n) is 2.54. The van der Waals surface area contributed by atoms with Crippen LogP contribution in [0.1, 0.15) is 25.3 Å². The lowest BCUT2D eigenvalue weighted by atomic mass is 9.97. The van der Waals surface area contributed by atoms with Gasteiger partial charge in [0.25, 0.3) is 5.91 Å². The molecular weight excluding hydrogens is 296 g/mol. The van der Waals surface area contributed by atoms with Crippen molar-refractivity contribution in [2.45, 2.75) is 19.8 Å². The van der Waals surface area contributed by atoms with Crippen molar-refractivity contribution >= 4 is 11.9 Å². The lowest BCUT2D eigenvalue weighted by molar-refractivity contribution is -0.151. The molecule has 0 aromatic heterocycles. The summed E-state index contributed by atoms with van der Waals surface area (Å²) in [7, 11) is 0. The lowest BCUT2D eigenvalue weighted by Gasteiger charge is -2.30. The largest absolute Gasteiger partial charge is 0.482 e.